The Labute approximate surface area is 132 Å². The first-order valence-corrected chi connectivity index (χ1v) is 7.12. The second-order valence-corrected chi connectivity index (χ2v) is 5.56. The van der Waals surface area contributed by atoms with Gasteiger partial charge in [-0.1, -0.05) is 11.6 Å². The summed E-state index contributed by atoms with van der Waals surface area (Å²) in [5, 5.41) is 14.3. The molecule has 3 aromatic rings. The number of ether oxygens (including phenoxy) is 1. The molecule has 0 aliphatic carbocycles. The van der Waals surface area contributed by atoms with Crippen molar-refractivity contribution in [1.82, 2.24) is 9.78 Å². The van der Waals surface area contributed by atoms with Crippen molar-refractivity contribution >= 4 is 11.6 Å². The first-order valence-electron chi connectivity index (χ1n) is 6.75. The number of hydrogen-bond donors (Lipinski definition) is 0. The zero-order chi connectivity index (χ0) is 15.3. The number of benzene rings is 2. The van der Waals surface area contributed by atoms with E-state index < -0.39 is 0 Å². The van der Waals surface area contributed by atoms with Crippen LogP contribution in [-0.2, 0) is 0 Å². The molecule has 0 unspecified atom stereocenters. The molecule has 0 amide bonds. The van der Waals surface area contributed by atoms with Crippen molar-refractivity contribution in [1.29, 1.82) is 5.26 Å². The van der Waals surface area contributed by atoms with E-state index in [9.17, 15) is 0 Å². The van der Waals surface area contributed by atoms with Crippen LogP contribution in [0.2, 0.25) is 5.02 Å². The number of nitrogens with zero attached hydrogens (tertiary/aromatic N) is 3. The maximum absolute atomic E-state index is 9.10. The second-order valence-electron chi connectivity index (χ2n) is 5.12. The predicted octanol–water partition coefficient (Wildman–Crippen LogP) is 4.48. The van der Waals surface area contributed by atoms with Crippen LogP contribution in [0.15, 0.2) is 42.5 Å². The fourth-order valence-electron chi connectivity index (χ4n) is 2.63. The van der Waals surface area contributed by atoms with E-state index in [1.165, 1.54) is 0 Å². The molecule has 0 fully saturated rings. The summed E-state index contributed by atoms with van der Waals surface area (Å²) >= 11 is 6.13. The van der Waals surface area contributed by atoms with Gasteiger partial charge in [-0.25, -0.2) is 4.68 Å². The molecule has 106 valence electrons. The summed E-state index contributed by atoms with van der Waals surface area (Å²) in [5.74, 6) is 1.30. The summed E-state index contributed by atoms with van der Waals surface area (Å²) in [4.78, 5) is 0. The average Bonchev–Trinajstić information content (AvgIpc) is 2.85. The molecule has 0 N–H and O–H groups in total. The fraction of sp³-hybridized carbons (Fsp3) is 0.0588. The standard InChI is InChI=1S/C17H10ClN3O/c1-10-6-15-13-8-12(18)3-5-16(13)22-17-7-11(9-19)2-4-14(17)21(15)20-10/h2-8H,1H3. The van der Waals surface area contributed by atoms with Crippen LogP contribution >= 0.6 is 11.6 Å². The maximum atomic E-state index is 9.10. The Hall–Kier alpha value is -2.77. The van der Waals surface area contributed by atoms with Crippen LogP contribution < -0.4 is 4.74 Å². The molecule has 5 heteroatoms. The van der Waals surface area contributed by atoms with Crippen molar-refractivity contribution in [3.8, 4) is 34.5 Å². The third-order valence-electron chi connectivity index (χ3n) is 3.59. The second kappa shape index (κ2) is 4.62. The first-order chi connectivity index (χ1) is 10.7. The highest BCUT2D eigenvalue weighted by Crippen LogP contribution is 2.42. The van der Waals surface area contributed by atoms with Gasteiger partial charge in [-0.15, -0.1) is 0 Å². The SMILES string of the molecule is Cc1cc2n(n1)-c1ccc(C#N)cc1Oc1ccc(Cl)cc1-2. The van der Waals surface area contributed by atoms with E-state index in [2.05, 4.69) is 11.2 Å². The van der Waals surface area contributed by atoms with E-state index in [1.807, 2.05) is 35.9 Å². The molecule has 0 atom stereocenters. The molecule has 1 aromatic heterocycles. The van der Waals surface area contributed by atoms with E-state index in [0.717, 1.165) is 22.6 Å². The van der Waals surface area contributed by atoms with Gasteiger partial charge < -0.3 is 4.74 Å². The molecule has 0 saturated carbocycles. The molecular weight excluding hydrogens is 298 g/mol. The number of hydrogen-bond acceptors (Lipinski definition) is 3. The van der Waals surface area contributed by atoms with Crippen LogP contribution in [0.5, 0.6) is 11.5 Å². The summed E-state index contributed by atoms with van der Waals surface area (Å²) in [6, 6.07) is 14.9. The molecule has 4 rings (SSSR count). The Balaban J connectivity index is 2.08. The number of halogens is 1. The summed E-state index contributed by atoms with van der Waals surface area (Å²) in [6.45, 7) is 1.94. The van der Waals surface area contributed by atoms with Gasteiger partial charge in [0.1, 0.15) is 11.4 Å². The topological polar surface area (TPSA) is 50.8 Å². The van der Waals surface area contributed by atoms with Gasteiger partial charge >= 0.3 is 0 Å². The third kappa shape index (κ3) is 1.87. The van der Waals surface area contributed by atoms with Crippen molar-refractivity contribution < 1.29 is 4.74 Å². The van der Waals surface area contributed by atoms with Gasteiger partial charge in [-0.05, 0) is 43.3 Å². The van der Waals surface area contributed by atoms with E-state index in [0.29, 0.717) is 22.1 Å². The van der Waals surface area contributed by atoms with Gasteiger partial charge in [0, 0.05) is 16.7 Å². The number of rotatable bonds is 0. The van der Waals surface area contributed by atoms with Crippen molar-refractivity contribution in [2.24, 2.45) is 0 Å². The largest absolute Gasteiger partial charge is 0.454 e. The highest BCUT2D eigenvalue weighted by Gasteiger charge is 2.22. The van der Waals surface area contributed by atoms with E-state index in [4.69, 9.17) is 21.6 Å². The highest BCUT2D eigenvalue weighted by atomic mass is 35.5. The minimum atomic E-state index is 0.543. The number of aromatic nitrogens is 2. The van der Waals surface area contributed by atoms with Gasteiger partial charge in [0.15, 0.2) is 5.75 Å². The molecule has 1 aliphatic heterocycles. The minimum Gasteiger partial charge on any atom is -0.454 e. The van der Waals surface area contributed by atoms with Crippen LogP contribution in [0.25, 0.3) is 16.9 Å². The Morgan fingerprint density at radius 3 is 2.82 bits per heavy atom. The van der Waals surface area contributed by atoms with Crippen LogP contribution in [0.4, 0.5) is 0 Å². The van der Waals surface area contributed by atoms with Crippen LogP contribution in [0, 0.1) is 18.3 Å². The smallest absolute Gasteiger partial charge is 0.154 e. The van der Waals surface area contributed by atoms with Crippen LogP contribution in [0.1, 0.15) is 11.3 Å². The highest BCUT2D eigenvalue weighted by molar-refractivity contribution is 6.31. The molecule has 0 bridgehead atoms. The zero-order valence-electron chi connectivity index (χ0n) is 11.7. The Morgan fingerprint density at radius 1 is 1.14 bits per heavy atom. The van der Waals surface area contributed by atoms with Gasteiger partial charge in [-0.2, -0.15) is 10.4 Å². The van der Waals surface area contributed by atoms with Crippen molar-refractivity contribution in [2.45, 2.75) is 6.92 Å². The maximum Gasteiger partial charge on any atom is 0.154 e. The lowest BCUT2D eigenvalue weighted by Gasteiger charge is -2.09. The molecule has 2 aromatic carbocycles. The van der Waals surface area contributed by atoms with Gasteiger partial charge in [0.05, 0.1) is 23.0 Å². The Bertz CT molecular complexity index is 953. The lowest BCUT2D eigenvalue weighted by molar-refractivity contribution is 0.484. The normalized spacial score (nSPS) is 11.5. The molecule has 2 heterocycles. The predicted molar refractivity (Wildman–Crippen MR) is 83.5 cm³/mol. The van der Waals surface area contributed by atoms with Crippen molar-refractivity contribution in [3.63, 3.8) is 0 Å². The molecule has 22 heavy (non-hydrogen) atoms. The zero-order valence-corrected chi connectivity index (χ0v) is 12.4. The van der Waals surface area contributed by atoms with Crippen LogP contribution in [0.3, 0.4) is 0 Å². The molecule has 1 aliphatic rings. The fourth-order valence-corrected chi connectivity index (χ4v) is 2.80. The van der Waals surface area contributed by atoms with Gasteiger partial charge in [0.2, 0.25) is 0 Å². The molecule has 0 spiro atoms. The van der Waals surface area contributed by atoms with Gasteiger partial charge in [-0.3, -0.25) is 0 Å². The van der Waals surface area contributed by atoms with Crippen molar-refractivity contribution in [2.75, 3.05) is 0 Å². The summed E-state index contributed by atoms with van der Waals surface area (Å²) in [5.41, 5.74) is 4.04. The number of aryl methyl sites for hydroxylation is 1. The Morgan fingerprint density at radius 2 is 2.00 bits per heavy atom. The number of fused-ring (bicyclic) bond motifs is 5. The monoisotopic (exact) mass is 307 g/mol. The van der Waals surface area contributed by atoms with E-state index >= 15 is 0 Å². The summed E-state index contributed by atoms with van der Waals surface area (Å²) < 4.78 is 7.84. The molecule has 4 nitrogen and oxygen atoms in total. The number of nitriles is 1. The lowest BCUT2D eigenvalue weighted by atomic mass is 10.1. The lowest BCUT2D eigenvalue weighted by Crippen LogP contribution is -1.99. The van der Waals surface area contributed by atoms with E-state index in [1.54, 1.807) is 18.2 Å². The van der Waals surface area contributed by atoms with Crippen LogP contribution in [-0.4, -0.2) is 9.78 Å². The third-order valence-corrected chi connectivity index (χ3v) is 3.82. The first kappa shape index (κ1) is 12.9. The average molecular weight is 308 g/mol. The summed E-state index contributed by atoms with van der Waals surface area (Å²) in [7, 11) is 0. The minimum absolute atomic E-state index is 0.543. The van der Waals surface area contributed by atoms with E-state index in [-0.39, 0.29) is 0 Å². The molecular formula is C17H10ClN3O. The van der Waals surface area contributed by atoms with Crippen molar-refractivity contribution in [3.05, 3.63) is 58.7 Å². The molecule has 0 saturated heterocycles. The van der Waals surface area contributed by atoms with Gasteiger partial charge in [0.25, 0.3) is 0 Å². The summed E-state index contributed by atoms with van der Waals surface area (Å²) in [6.07, 6.45) is 0. The molecule has 0 radical (unpaired) electrons. The quantitative estimate of drug-likeness (QED) is 0.481. The Kier molecular flexibility index (Phi) is 2.72.